The van der Waals surface area contributed by atoms with Gasteiger partial charge in [-0.25, -0.2) is 0 Å². The standard InChI is InChI=1S/C21H17BrN4O2S/c1-14-16(11-12-28-14)20-24-25-21(26(20)15-7-3-2-4-8-15)29-13-19(27)23-18-10-6-5-9-17(18)22/h2-12H,13H2,1H3,(H,23,27). The number of halogens is 1. The summed E-state index contributed by atoms with van der Waals surface area (Å²) in [5.74, 6) is 1.52. The number of hydrogen-bond donors (Lipinski definition) is 1. The number of amides is 1. The van der Waals surface area contributed by atoms with Gasteiger partial charge in [-0.3, -0.25) is 9.36 Å². The third-order valence-corrected chi connectivity index (χ3v) is 5.85. The molecule has 6 nitrogen and oxygen atoms in total. The molecule has 0 aliphatic carbocycles. The molecule has 0 unspecified atom stereocenters. The highest BCUT2D eigenvalue weighted by Gasteiger charge is 2.19. The maximum atomic E-state index is 12.5. The summed E-state index contributed by atoms with van der Waals surface area (Å²) in [6, 6.07) is 19.2. The fraction of sp³-hybridized carbons (Fsp3) is 0.0952. The number of hydrogen-bond acceptors (Lipinski definition) is 5. The highest BCUT2D eigenvalue weighted by Crippen LogP contribution is 2.30. The van der Waals surface area contributed by atoms with Gasteiger partial charge in [0.15, 0.2) is 11.0 Å². The number of para-hydroxylation sites is 2. The van der Waals surface area contributed by atoms with Gasteiger partial charge in [0.05, 0.1) is 23.3 Å². The highest BCUT2D eigenvalue weighted by atomic mass is 79.9. The molecule has 4 rings (SSSR count). The molecule has 0 radical (unpaired) electrons. The first kappa shape index (κ1) is 19.5. The number of furan rings is 1. The number of thioether (sulfide) groups is 1. The van der Waals surface area contributed by atoms with Gasteiger partial charge in [0, 0.05) is 10.2 Å². The maximum absolute atomic E-state index is 12.5. The van der Waals surface area contributed by atoms with Crippen LogP contribution in [-0.4, -0.2) is 26.4 Å². The Hall–Kier alpha value is -2.84. The van der Waals surface area contributed by atoms with Crippen molar-refractivity contribution in [3.8, 4) is 17.1 Å². The Kier molecular flexibility index (Phi) is 5.82. The summed E-state index contributed by atoms with van der Waals surface area (Å²) >= 11 is 4.77. The van der Waals surface area contributed by atoms with Gasteiger partial charge in [-0.15, -0.1) is 10.2 Å². The van der Waals surface area contributed by atoms with Gasteiger partial charge in [0.1, 0.15) is 5.76 Å². The summed E-state index contributed by atoms with van der Waals surface area (Å²) in [5.41, 5.74) is 2.52. The fourth-order valence-corrected chi connectivity index (χ4v) is 3.98. The molecule has 0 aliphatic heterocycles. The molecule has 2 aromatic carbocycles. The van der Waals surface area contributed by atoms with Gasteiger partial charge >= 0.3 is 0 Å². The minimum absolute atomic E-state index is 0.120. The van der Waals surface area contributed by atoms with Crippen LogP contribution in [0.25, 0.3) is 17.1 Å². The predicted octanol–water partition coefficient (Wildman–Crippen LogP) is 5.33. The third-order valence-electron chi connectivity index (χ3n) is 4.23. The number of nitrogens with one attached hydrogen (secondary N) is 1. The van der Waals surface area contributed by atoms with E-state index in [1.165, 1.54) is 11.8 Å². The minimum atomic E-state index is -0.120. The van der Waals surface area contributed by atoms with Crippen molar-refractivity contribution in [2.45, 2.75) is 12.1 Å². The molecule has 0 saturated heterocycles. The number of benzene rings is 2. The highest BCUT2D eigenvalue weighted by molar-refractivity contribution is 9.10. The van der Waals surface area contributed by atoms with Gasteiger partial charge in [-0.2, -0.15) is 0 Å². The second-order valence-electron chi connectivity index (χ2n) is 6.18. The second kappa shape index (κ2) is 8.67. The van der Waals surface area contributed by atoms with Crippen molar-refractivity contribution < 1.29 is 9.21 Å². The fourth-order valence-electron chi connectivity index (χ4n) is 2.84. The predicted molar refractivity (Wildman–Crippen MR) is 117 cm³/mol. The quantitative estimate of drug-likeness (QED) is 0.387. The van der Waals surface area contributed by atoms with Crippen LogP contribution in [0, 0.1) is 6.92 Å². The van der Waals surface area contributed by atoms with E-state index in [-0.39, 0.29) is 11.7 Å². The van der Waals surface area contributed by atoms with Crippen molar-refractivity contribution in [3.05, 3.63) is 77.2 Å². The lowest BCUT2D eigenvalue weighted by atomic mass is 10.2. The van der Waals surface area contributed by atoms with Gasteiger partial charge in [0.2, 0.25) is 5.91 Å². The van der Waals surface area contributed by atoms with Gasteiger partial charge < -0.3 is 9.73 Å². The molecule has 0 bridgehead atoms. The Morgan fingerprint density at radius 3 is 2.59 bits per heavy atom. The lowest BCUT2D eigenvalue weighted by molar-refractivity contribution is -0.113. The zero-order valence-corrected chi connectivity index (χ0v) is 17.9. The van der Waals surface area contributed by atoms with Crippen LogP contribution in [0.2, 0.25) is 0 Å². The molecule has 1 amide bonds. The van der Waals surface area contributed by atoms with Crippen molar-refractivity contribution in [2.24, 2.45) is 0 Å². The largest absolute Gasteiger partial charge is 0.469 e. The van der Waals surface area contributed by atoms with Crippen LogP contribution in [0.4, 0.5) is 5.69 Å². The van der Waals surface area contributed by atoms with Crippen molar-refractivity contribution in [1.29, 1.82) is 0 Å². The summed E-state index contributed by atoms with van der Waals surface area (Å²) in [4.78, 5) is 12.5. The second-order valence-corrected chi connectivity index (χ2v) is 7.98. The van der Waals surface area contributed by atoms with Crippen LogP contribution in [-0.2, 0) is 4.79 Å². The molecule has 0 atom stereocenters. The van der Waals surface area contributed by atoms with E-state index in [4.69, 9.17) is 4.42 Å². The van der Waals surface area contributed by atoms with E-state index < -0.39 is 0 Å². The molecule has 1 N–H and O–H groups in total. The van der Waals surface area contributed by atoms with Gasteiger partial charge in [0.25, 0.3) is 0 Å². The number of nitrogens with zero attached hydrogens (tertiary/aromatic N) is 3. The minimum Gasteiger partial charge on any atom is -0.469 e. The smallest absolute Gasteiger partial charge is 0.234 e. The van der Waals surface area contributed by atoms with Crippen molar-refractivity contribution in [1.82, 2.24) is 14.8 Å². The Balaban J connectivity index is 1.59. The Labute approximate surface area is 180 Å². The van der Waals surface area contributed by atoms with E-state index >= 15 is 0 Å². The molecule has 0 saturated carbocycles. The molecular weight excluding hydrogens is 452 g/mol. The van der Waals surface area contributed by atoms with E-state index in [2.05, 4.69) is 31.4 Å². The molecule has 146 valence electrons. The van der Waals surface area contributed by atoms with Crippen LogP contribution in [0.5, 0.6) is 0 Å². The molecular formula is C21H17BrN4O2S. The molecule has 29 heavy (non-hydrogen) atoms. The molecule has 8 heteroatoms. The van der Waals surface area contributed by atoms with Gasteiger partial charge in [-0.1, -0.05) is 42.1 Å². The number of carbonyl (C=O) groups excluding carboxylic acids is 1. The zero-order chi connectivity index (χ0) is 20.2. The van der Waals surface area contributed by atoms with Crippen LogP contribution in [0.1, 0.15) is 5.76 Å². The van der Waals surface area contributed by atoms with Crippen LogP contribution in [0.15, 0.2) is 81.0 Å². The SMILES string of the molecule is Cc1occc1-c1nnc(SCC(=O)Nc2ccccc2Br)n1-c1ccccc1. The van der Waals surface area contributed by atoms with Crippen molar-refractivity contribution in [2.75, 3.05) is 11.1 Å². The molecule has 4 aromatic rings. The van der Waals surface area contributed by atoms with Crippen LogP contribution in [0.3, 0.4) is 0 Å². The molecule has 0 spiro atoms. The summed E-state index contributed by atoms with van der Waals surface area (Å²) in [5, 5.41) is 12.2. The summed E-state index contributed by atoms with van der Waals surface area (Å²) < 4.78 is 8.21. The monoisotopic (exact) mass is 468 g/mol. The topological polar surface area (TPSA) is 72.9 Å². The molecule has 2 aromatic heterocycles. The summed E-state index contributed by atoms with van der Waals surface area (Å²) in [6.45, 7) is 1.89. The van der Waals surface area contributed by atoms with Crippen molar-refractivity contribution >= 4 is 39.3 Å². The Morgan fingerprint density at radius 2 is 1.86 bits per heavy atom. The number of aryl methyl sites for hydroxylation is 1. The van der Waals surface area contributed by atoms with E-state index in [1.54, 1.807) is 6.26 Å². The number of anilines is 1. The van der Waals surface area contributed by atoms with Crippen molar-refractivity contribution in [3.63, 3.8) is 0 Å². The lowest BCUT2D eigenvalue weighted by Gasteiger charge is -2.10. The number of rotatable bonds is 6. The molecule has 0 aliphatic rings. The molecule has 2 heterocycles. The third kappa shape index (κ3) is 4.28. The summed E-state index contributed by atoms with van der Waals surface area (Å²) in [7, 11) is 0. The lowest BCUT2D eigenvalue weighted by Crippen LogP contribution is -2.15. The van der Waals surface area contributed by atoms with E-state index in [1.807, 2.05) is 72.2 Å². The zero-order valence-electron chi connectivity index (χ0n) is 15.5. The first-order chi connectivity index (χ1) is 14.1. The summed E-state index contributed by atoms with van der Waals surface area (Å²) in [6.07, 6.45) is 1.63. The first-order valence-corrected chi connectivity index (χ1v) is 10.6. The van der Waals surface area contributed by atoms with E-state index in [0.717, 1.165) is 27.2 Å². The van der Waals surface area contributed by atoms with E-state index in [0.29, 0.717) is 11.0 Å². The maximum Gasteiger partial charge on any atom is 0.234 e. The Bertz CT molecular complexity index is 1140. The van der Waals surface area contributed by atoms with Gasteiger partial charge in [-0.05, 0) is 53.2 Å². The molecule has 0 fully saturated rings. The average molecular weight is 469 g/mol. The Morgan fingerprint density at radius 1 is 1.10 bits per heavy atom. The number of carbonyl (C=O) groups is 1. The van der Waals surface area contributed by atoms with Crippen LogP contribution < -0.4 is 5.32 Å². The van der Waals surface area contributed by atoms with E-state index in [9.17, 15) is 4.79 Å². The normalized spacial score (nSPS) is 10.8. The average Bonchev–Trinajstić information content (AvgIpc) is 3.34. The number of aromatic nitrogens is 3. The first-order valence-electron chi connectivity index (χ1n) is 8.86. The van der Waals surface area contributed by atoms with Crippen LogP contribution >= 0.6 is 27.7 Å².